The lowest BCUT2D eigenvalue weighted by molar-refractivity contribution is -0.136. The number of nitrogens with one attached hydrogen (secondary N) is 1. The maximum absolute atomic E-state index is 13.1. The van der Waals surface area contributed by atoms with Gasteiger partial charge in [-0.2, -0.15) is 4.31 Å². The quantitative estimate of drug-likeness (QED) is 0.785. The second kappa shape index (κ2) is 9.02. The van der Waals surface area contributed by atoms with E-state index in [1.165, 1.54) is 4.31 Å². The summed E-state index contributed by atoms with van der Waals surface area (Å²) in [6.07, 6.45) is 5.16. The number of sulfonamides is 1. The molecule has 6 nitrogen and oxygen atoms in total. The normalized spacial score (nSPS) is 31.1. The summed E-state index contributed by atoms with van der Waals surface area (Å²) in [5.41, 5.74) is 0. The fourth-order valence-electron chi connectivity index (χ4n) is 4.51. The lowest BCUT2D eigenvalue weighted by Gasteiger charge is -2.36. The van der Waals surface area contributed by atoms with Crippen LogP contribution in [0, 0.1) is 11.8 Å². The second-order valence-electron chi connectivity index (χ2n) is 7.52. The maximum atomic E-state index is 13.1. The number of rotatable bonds is 4. The van der Waals surface area contributed by atoms with E-state index in [1.807, 2.05) is 11.8 Å². The molecule has 1 N–H and O–H groups in total. The van der Waals surface area contributed by atoms with Gasteiger partial charge in [0.15, 0.2) is 0 Å². The summed E-state index contributed by atoms with van der Waals surface area (Å²) < 4.78 is 26.6. The first kappa shape index (κ1) is 20.9. The molecule has 3 aliphatic heterocycles. The minimum absolute atomic E-state index is 0. The van der Waals surface area contributed by atoms with Crippen LogP contribution >= 0.6 is 12.4 Å². The number of fused-ring (bicyclic) bond motifs is 1. The lowest BCUT2D eigenvalue weighted by atomic mass is 9.92. The number of hydrogen-bond donors (Lipinski definition) is 1. The SMILES string of the molecule is CCCS(=O)(=O)N1CCCCC1C(=O)N1CC[C@@H]2CNC[C@@H]2CC1.Cl. The molecule has 0 bridgehead atoms. The van der Waals surface area contributed by atoms with Crippen molar-refractivity contribution in [1.82, 2.24) is 14.5 Å². The number of likely N-dealkylation sites (tertiary alicyclic amines) is 1. The Morgan fingerprint density at radius 3 is 2.28 bits per heavy atom. The molecule has 3 heterocycles. The van der Waals surface area contributed by atoms with Gasteiger partial charge >= 0.3 is 0 Å². The van der Waals surface area contributed by atoms with Crippen molar-refractivity contribution < 1.29 is 13.2 Å². The van der Waals surface area contributed by atoms with Crippen molar-refractivity contribution in [2.45, 2.75) is 51.5 Å². The van der Waals surface area contributed by atoms with Gasteiger partial charge in [-0.25, -0.2) is 8.42 Å². The Labute approximate surface area is 158 Å². The minimum Gasteiger partial charge on any atom is -0.341 e. The van der Waals surface area contributed by atoms with E-state index >= 15 is 0 Å². The van der Waals surface area contributed by atoms with Gasteiger partial charge in [-0.05, 0) is 57.0 Å². The van der Waals surface area contributed by atoms with Gasteiger partial charge in [0.25, 0.3) is 0 Å². The third-order valence-electron chi connectivity index (χ3n) is 5.89. The number of hydrogen-bond acceptors (Lipinski definition) is 4. The number of piperidine rings is 1. The van der Waals surface area contributed by atoms with Crippen LogP contribution in [0.15, 0.2) is 0 Å². The number of amides is 1. The molecule has 8 heteroatoms. The third-order valence-corrected chi connectivity index (χ3v) is 7.96. The van der Waals surface area contributed by atoms with E-state index < -0.39 is 16.1 Å². The minimum atomic E-state index is -3.31. The Balaban J connectivity index is 0.00000225. The van der Waals surface area contributed by atoms with Crippen molar-refractivity contribution >= 4 is 28.3 Å². The van der Waals surface area contributed by atoms with Crippen LogP contribution in [0.5, 0.6) is 0 Å². The van der Waals surface area contributed by atoms with Gasteiger partial charge in [0.1, 0.15) is 6.04 Å². The molecule has 0 aromatic heterocycles. The molecule has 0 spiro atoms. The smallest absolute Gasteiger partial charge is 0.241 e. The zero-order chi connectivity index (χ0) is 17.2. The number of nitrogens with zero attached hydrogens (tertiary/aromatic N) is 2. The van der Waals surface area contributed by atoms with E-state index in [4.69, 9.17) is 0 Å². The van der Waals surface area contributed by atoms with Crippen molar-refractivity contribution in [3.8, 4) is 0 Å². The van der Waals surface area contributed by atoms with Gasteiger partial charge in [-0.3, -0.25) is 4.79 Å². The highest BCUT2D eigenvalue weighted by Crippen LogP contribution is 2.29. The van der Waals surface area contributed by atoms with Crippen LogP contribution in [0.4, 0.5) is 0 Å². The summed E-state index contributed by atoms with van der Waals surface area (Å²) in [6, 6.07) is -0.466. The summed E-state index contributed by atoms with van der Waals surface area (Å²) in [5.74, 6) is 1.54. The molecule has 3 aliphatic rings. The monoisotopic (exact) mass is 393 g/mol. The third kappa shape index (κ3) is 4.67. The van der Waals surface area contributed by atoms with E-state index in [9.17, 15) is 13.2 Å². The van der Waals surface area contributed by atoms with Crippen LogP contribution in [0.3, 0.4) is 0 Å². The average molecular weight is 394 g/mol. The molecule has 25 heavy (non-hydrogen) atoms. The van der Waals surface area contributed by atoms with Crippen LogP contribution in [-0.2, 0) is 14.8 Å². The molecular formula is C17H32ClN3O3S. The summed E-state index contributed by atoms with van der Waals surface area (Å²) in [6.45, 7) is 6.06. The van der Waals surface area contributed by atoms with Crippen molar-refractivity contribution in [2.75, 3.05) is 38.5 Å². The van der Waals surface area contributed by atoms with Crippen molar-refractivity contribution in [2.24, 2.45) is 11.8 Å². The molecule has 1 unspecified atom stereocenters. The van der Waals surface area contributed by atoms with Crippen LogP contribution < -0.4 is 5.32 Å². The fraction of sp³-hybridized carbons (Fsp3) is 0.941. The summed E-state index contributed by atoms with van der Waals surface area (Å²) in [7, 11) is -3.31. The van der Waals surface area contributed by atoms with Gasteiger partial charge < -0.3 is 10.2 Å². The highest BCUT2D eigenvalue weighted by Gasteiger charge is 2.39. The van der Waals surface area contributed by atoms with E-state index in [0.717, 1.165) is 51.9 Å². The van der Waals surface area contributed by atoms with Crippen LogP contribution in [0.2, 0.25) is 0 Å². The zero-order valence-corrected chi connectivity index (χ0v) is 16.8. The molecule has 0 radical (unpaired) electrons. The van der Waals surface area contributed by atoms with Gasteiger partial charge in [0.05, 0.1) is 5.75 Å². The summed E-state index contributed by atoms with van der Waals surface area (Å²) in [4.78, 5) is 15.0. The van der Waals surface area contributed by atoms with Gasteiger partial charge in [-0.1, -0.05) is 13.3 Å². The van der Waals surface area contributed by atoms with E-state index in [0.29, 0.717) is 31.2 Å². The van der Waals surface area contributed by atoms with Gasteiger partial charge in [0.2, 0.25) is 15.9 Å². The Morgan fingerprint density at radius 2 is 1.68 bits per heavy atom. The Hall–Kier alpha value is -0.370. The first-order valence-corrected chi connectivity index (χ1v) is 11.1. The molecule has 0 aromatic carbocycles. The summed E-state index contributed by atoms with van der Waals surface area (Å²) in [5, 5.41) is 3.45. The molecule has 1 amide bonds. The highest BCUT2D eigenvalue weighted by molar-refractivity contribution is 7.89. The van der Waals surface area contributed by atoms with Crippen LogP contribution in [0.25, 0.3) is 0 Å². The Bertz CT molecular complexity index is 543. The topological polar surface area (TPSA) is 69.7 Å². The maximum Gasteiger partial charge on any atom is 0.241 e. The molecule has 0 aromatic rings. The number of halogens is 1. The summed E-state index contributed by atoms with van der Waals surface area (Å²) >= 11 is 0. The predicted octanol–water partition coefficient (Wildman–Crippen LogP) is 1.46. The average Bonchev–Trinajstić information content (AvgIpc) is 2.93. The van der Waals surface area contributed by atoms with E-state index in [2.05, 4.69) is 5.32 Å². The molecule has 3 saturated heterocycles. The van der Waals surface area contributed by atoms with E-state index in [-0.39, 0.29) is 24.1 Å². The first-order valence-electron chi connectivity index (χ1n) is 9.52. The lowest BCUT2D eigenvalue weighted by Crippen LogP contribution is -2.53. The molecular weight excluding hydrogens is 362 g/mol. The first-order chi connectivity index (χ1) is 11.5. The predicted molar refractivity (Wildman–Crippen MR) is 101 cm³/mol. The standard InChI is InChI=1S/C17H31N3O3S.ClH/c1-2-11-24(22,23)20-8-4-3-5-16(20)17(21)19-9-6-14-12-18-13-15(14)7-10-19;/h14-16,18H,2-13H2,1H3;1H/t14-,15+,16?;. The largest absolute Gasteiger partial charge is 0.341 e. The van der Waals surface area contributed by atoms with Gasteiger partial charge in [-0.15, -0.1) is 12.4 Å². The zero-order valence-electron chi connectivity index (χ0n) is 15.2. The fourth-order valence-corrected chi connectivity index (χ4v) is 6.25. The molecule has 146 valence electrons. The number of carbonyl (C=O) groups excluding carboxylic acids is 1. The Kier molecular flexibility index (Phi) is 7.55. The molecule has 0 saturated carbocycles. The molecule has 3 rings (SSSR count). The van der Waals surface area contributed by atoms with Crippen LogP contribution in [0.1, 0.15) is 45.4 Å². The Morgan fingerprint density at radius 1 is 1.04 bits per heavy atom. The number of carbonyl (C=O) groups is 1. The molecule has 3 atom stereocenters. The molecule has 0 aliphatic carbocycles. The van der Waals surface area contributed by atoms with Crippen LogP contribution in [-0.4, -0.2) is 68.0 Å². The van der Waals surface area contributed by atoms with Crippen molar-refractivity contribution in [3.63, 3.8) is 0 Å². The van der Waals surface area contributed by atoms with Gasteiger partial charge in [0, 0.05) is 19.6 Å². The molecule has 3 fully saturated rings. The highest BCUT2D eigenvalue weighted by atomic mass is 35.5. The van der Waals surface area contributed by atoms with Crippen molar-refractivity contribution in [3.05, 3.63) is 0 Å². The second-order valence-corrected chi connectivity index (χ2v) is 9.56. The van der Waals surface area contributed by atoms with Crippen molar-refractivity contribution in [1.29, 1.82) is 0 Å². The van der Waals surface area contributed by atoms with E-state index in [1.54, 1.807) is 0 Å².